The molecular formula is C13H16N2O2. The van der Waals surface area contributed by atoms with E-state index >= 15 is 0 Å². The van der Waals surface area contributed by atoms with E-state index in [0.29, 0.717) is 18.5 Å². The van der Waals surface area contributed by atoms with Gasteiger partial charge in [0.25, 0.3) is 0 Å². The summed E-state index contributed by atoms with van der Waals surface area (Å²) < 4.78 is 0. The van der Waals surface area contributed by atoms with Crippen molar-refractivity contribution in [1.82, 2.24) is 0 Å². The number of Topliss-reactive ketones (excluding diaryl/α,β-unsaturated/α-hetero) is 1. The molecule has 2 rings (SSSR count). The van der Waals surface area contributed by atoms with Gasteiger partial charge < -0.3 is 11.1 Å². The van der Waals surface area contributed by atoms with Crippen LogP contribution in [0, 0.1) is 0 Å². The van der Waals surface area contributed by atoms with Crippen LogP contribution in [-0.2, 0) is 10.2 Å². The molecule has 0 radical (unpaired) electrons. The Kier molecular flexibility index (Phi) is 2.75. The van der Waals surface area contributed by atoms with Crippen LogP contribution in [0.2, 0.25) is 0 Å². The predicted octanol–water partition coefficient (Wildman–Crippen LogP) is 1.45. The van der Waals surface area contributed by atoms with Gasteiger partial charge in [-0.1, -0.05) is 0 Å². The number of rotatable bonds is 3. The fourth-order valence-electron chi connectivity index (χ4n) is 2.02. The summed E-state index contributed by atoms with van der Waals surface area (Å²) in [5, 5.41) is 2.81. The third-order valence-electron chi connectivity index (χ3n) is 3.20. The van der Waals surface area contributed by atoms with Gasteiger partial charge in [0, 0.05) is 17.7 Å². The summed E-state index contributed by atoms with van der Waals surface area (Å²) >= 11 is 0. The maximum atomic E-state index is 11.8. The second kappa shape index (κ2) is 3.96. The molecule has 0 saturated heterocycles. The third-order valence-corrected chi connectivity index (χ3v) is 3.20. The Morgan fingerprint density at radius 2 is 2.12 bits per heavy atom. The molecule has 0 fully saturated rings. The molecule has 1 aromatic rings. The number of amides is 1. The molecule has 4 heteroatoms. The molecule has 0 aliphatic carbocycles. The fraction of sp³-hybridized carbons (Fsp3) is 0.385. The Balaban J connectivity index is 2.42. The molecule has 1 amide bonds. The number of anilines is 1. The first-order valence-electron chi connectivity index (χ1n) is 5.66. The first kappa shape index (κ1) is 11.8. The van der Waals surface area contributed by atoms with E-state index in [4.69, 9.17) is 5.73 Å². The summed E-state index contributed by atoms with van der Waals surface area (Å²) in [7, 11) is 0. The molecule has 1 heterocycles. The van der Waals surface area contributed by atoms with Gasteiger partial charge in [0.2, 0.25) is 5.91 Å². The van der Waals surface area contributed by atoms with Crippen LogP contribution < -0.4 is 11.1 Å². The van der Waals surface area contributed by atoms with Crippen LogP contribution in [0.15, 0.2) is 18.2 Å². The average Bonchev–Trinajstić information content (AvgIpc) is 2.50. The van der Waals surface area contributed by atoms with Crippen LogP contribution in [0.1, 0.15) is 36.2 Å². The lowest BCUT2D eigenvalue weighted by Crippen LogP contribution is -2.27. The number of nitrogens with one attached hydrogen (secondary N) is 1. The topological polar surface area (TPSA) is 72.2 Å². The second-order valence-electron chi connectivity index (χ2n) is 4.80. The number of carbonyl (C=O) groups excluding carboxylic acids is 2. The van der Waals surface area contributed by atoms with Gasteiger partial charge in [0.1, 0.15) is 0 Å². The lowest BCUT2D eigenvalue weighted by molar-refractivity contribution is -0.119. The SMILES string of the molecule is CC1(C)C(=O)Nc2ccc(C(=O)CCN)cc21. The smallest absolute Gasteiger partial charge is 0.234 e. The molecule has 0 unspecified atom stereocenters. The lowest BCUT2D eigenvalue weighted by Gasteiger charge is -2.15. The van der Waals surface area contributed by atoms with Crippen molar-refractivity contribution in [3.63, 3.8) is 0 Å². The van der Waals surface area contributed by atoms with Crippen molar-refractivity contribution < 1.29 is 9.59 Å². The van der Waals surface area contributed by atoms with Crippen LogP contribution in [0.25, 0.3) is 0 Å². The van der Waals surface area contributed by atoms with Crippen molar-refractivity contribution in [1.29, 1.82) is 0 Å². The maximum absolute atomic E-state index is 11.8. The maximum Gasteiger partial charge on any atom is 0.234 e. The molecule has 17 heavy (non-hydrogen) atoms. The van der Waals surface area contributed by atoms with Crippen molar-refractivity contribution in [2.75, 3.05) is 11.9 Å². The first-order chi connectivity index (χ1) is 7.96. The van der Waals surface area contributed by atoms with Gasteiger partial charge in [-0.2, -0.15) is 0 Å². The Morgan fingerprint density at radius 1 is 1.41 bits per heavy atom. The molecular weight excluding hydrogens is 216 g/mol. The van der Waals surface area contributed by atoms with E-state index in [1.807, 2.05) is 13.8 Å². The van der Waals surface area contributed by atoms with Gasteiger partial charge in [-0.05, 0) is 44.2 Å². The van der Waals surface area contributed by atoms with Crippen molar-refractivity contribution in [2.24, 2.45) is 5.73 Å². The van der Waals surface area contributed by atoms with Gasteiger partial charge in [-0.15, -0.1) is 0 Å². The highest BCUT2D eigenvalue weighted by Crippen LogP contribution is 2.37. The van der Waals surface area contributed by atoms with Gasteiger partial charge in [0.15, 0.2) is 5.78 Å². The number of carbonyl (C=O) groups is 2. The molecule has 90 valence electrons. The highest BCUT2D eigenvalue weighted by atomic mass is 16.2. The Morgan fingerprint density at radius 3 is 2.76 bits per heavy atom. The molecule has 0 saturated carbocycles. The summed E-state index contributed by atoms with van der Waals surface area (Å²) in [5.41, 5.74) is 7.09. The number of hydrogen-bond acceptors (Lipinski definition) is 3. The van der Waals surface area contributed by atoms with E-state index in [2.05, 4.69) is 5.32 Å². The normalized spacial score (nSPS) is 16.5. The number of benzene rings is 1. The van der Waals surface area contributed by atoms with Crippen LogP contribution in [0.5, 0.6) is 0 Å². The van der Waals surface area contributed by atoms with Gasteiger partial charge in [-0.25, -0.2) is 0 Å². The minimum Gasteiger partial charge on any atom is -0.330 e. The molecule has 0 atom stereocenters. The predicted molar refractivity (Wildman–Crippen MR) is 66.1 cm³/mol. The summed E-state index contributed by atoms with van der Waals surface area (Å²) in [6.45, 7) is 4.05. The van der Waals surface area contributed by atoms with E-state index in [1.54, 1.807) is 18.2 Å². The van der Waals surface area contributed by atoms with Crippen molar-refractivity contribution >= 4 is 17.4 Å². The van der Waals surface area contributed by atoms with E-state index in [9.17, 15) is 9.59 Å². The monoisotopic (exact) mass is 232 g/mol. The number of hydrogen-bond donors (Lipinski definition) is 2. The number of ketones is 1. The minimum atomic E-state index is -0.575. The second-order valence-corrected chi connectivity index (χ2v) is 4.80. The average molecular weight is 232 g/mol. The Bertz CT molecular complexity index is 492. The largest absolute Gasteiger partial charge is 0.330 e. The summed E-state index contributed by atoms with van der Waals surface area (Å²) in [5.74, 6) is -0.0126. The third kappa shape index (κ3) is 1.85. The van der Waals surface area contributed by atoms with Gasteiger partial charge in [0.05, 0.1) is 5.41 Å². The van der Waals surface area contributed by atoms with E-state index < -0.39 is 5.41 Å². The standard InChI is InChI=1S/C13H16N2O2/c1-13(2)9-7-8(11(16)5-6-14)3-4-10(9)15-12(13)17/h3-4,7H,5-6,14H2,1-2H3,(H,15,17). The Hall–Kier alpha value is -1.68. The summed E-state index contributed by atoms with van der Waals surface area (Å²) in [4.78, 5) is 23.5. The van der Waals surface area contributed by atoms with Gasteiger partial charge in [-0.3, -0.25) is 9.59 Å². The molecule has 3 N–H and O–H groups in total. The molecule has 0 spiro atoms. The number of fused-ring (bicyclic) bond motifs is 1. The highest BCUT2D eigenvalue weighted by molar-refractivity contribution is 6.07. The van der Waals surface area contributed by atoms with Crippen molar-refractivity contribution in [3.8, 4) is 0 Å². The zero-order valence-electron chi connectivity index (χ0n) is 10.0. The molecule has 1 aliphatic rings. The number of nitrogens with two attached hydrogens (primary N) is 1. The molecule has 1 aliphatic heterocycles. The van der Waals surface area contributed by atoms with Crippen LogP contribution >= 0.6 is 0 Å². The van der Waals surface area contributed by atoms with Crippen molar-refractivity contribution in [3.05, 3.63) is 29.3 Å². The summed E-state index contributed by atoms with van der Waals surface area (Å²) in [6.07, 6.45) is 0.334. The van der Waals surface area contributed by atoms with Crippen molar-refractivity contribution in [2.45, 2.75) is 25.7 Å². The first-order valence-corrected chi connectivity index (χ1v) is 5.66. The molecule has 1 aromatic carbocycles. The molecule has 0 bridgehead atoms. The van der Waals surface area contributed by atoms with E-state index in [0.717, 1.165) is 11.3 Å². The van der Waals surface area contributed by atoms with Crippen LogP contribution in [0.3, 0.4) is 0 Å². The quantitative estimate of drug-likeness (QED) is 0.775. The Labute approximate surface area is 100 Å². The molecule has 0 aromatic heterocycles. The zero-order chi connectivity index (χ0) is 12.6. The van der Waals surface area contributed by atoms with Crippen LogP contribution in [0.4, 0.5) is 5.69 Å². The zero-order valence-corrected chi connectivity index (χ0v) is 10.0. The van der Waals surface area contributed by atoms with E-state index in [1.165, 1.54) is 0 Å². The van der Waals surface area contributed by atoms with Gasteiger partial charge >= 0.3 is 0 Å². The fourth-order valence-corrected chi connectivity index (χ4v) is 2.02. The van der Waals surface area contributed by atoms with E-state index in [-0.39, 0.29) is 11.7 Å². The highest BCUT2D eigenvalue weighted by Gasteiger charge is 2.38. The summed E-state index contributed by atoms with van der Waals surface area (Å²) in [6, 6.07) is 5.31. The lowest BCUT2D eigenvalue weighted by atomic mass is 9.85. The molecule has 4 nitrogen and oxygen atoms in total. The minimum absolute atomic E-state index is 0.0189. The van der Waals surface area contributed by atoms with Crippen LogP contribution in [-0.4, -0.2) is 18.2 Å².